The van der Waals surface area contributed by atoms with Gasteiger partial charge in [0.05, 0.1) is 0 Å². The third-order valence-corrected chi connectivity index (χ3v) is 5.94. The first-order valence-corrected chi connectivity index (χ1v) is 10.2. The van der Waals surface area contributed by atoms with E-state index in [9.17, 15) is 9.59 Å². The van der Waals surface area contributed by atoms with Crippen LogP contribution in [-0.4, -0.2) is 24.7 Å². The van der Waals surface area contributed by atoms with Crippen LogP contribution in [0.15, 0.2) is 35.4 Å². The lowest BCUT2D eigenvalue weighted by Gasteiger charge is -2.31. The fourth-order valence-corrected chi connectivity index (χ4v) is 4.46. The van der Waals surface area contributed by atoms with Gasteiger partial charge >= 0.3 is 0 Å². The van der Waals surface area contributed by atoms with E-state index in [2.05, 4.69) is 4.90 Å². The number of anilines is 1. The smallest absolute Gasteiger partial charge is 0.163 e. The van der Waals surface area contributed by atoms with Gasteiger partial charge in [-0.05, 0) is 75.8 Å². The van der Waals surface area contributed by atoms with Crippen LogP contribution in [0.25, 0.3) is 0 Å². The summed E-state index contributed by atoms with van der Waals surface area (Å²) < 4.78 is 0. The average molecular weight is 386 g/mol. The number of carbonyl (C=O) groups is 2. The number of Topliss-reactive ketones (excluding diaryl/α,β-unsaturated/α-hetero) is 1. The van der Waals surface area contributed by atoms with Crippen molar-refractivity contribution >= 4 is 28.9 Å². The van der Waals surface area contributed by atoms with Crippen LogP contribution in [0.1, 0.15) is 61.9 Å². The van der Waals surface area contributed by atoms with Gasteiger partial charge in [-0.15, -0.1) is 0 Å². The highest BCUT2D eigenvalue weighted by molar-refractivity contribution is 6.31. The second-order valence-corrected chi connectivity index (χ2v) is 8.28. The number of benzene rings is 1. The van der Waals surface area contributed by atoms with E-state index in [1.165, 1.54) is 19.3 Å². The van der Waals surface area contributed by atoms with Gasteiger partial charge in [0, 0.05) is 41.7 Å². The minimum Gasteiger partial charge on any atom is -0.371 e. The molecule has 2 aliphatic rings. The Morgan fingerprint density at radius 3 is 2.48 bits per heavy atom. The molecule has 0 aromatic heterocycles. The van der Waals surface area contributed by atoms with Gasteiger partial charge in [0.15, 0.2) is 11.6 Å². The van der Waals surface area contributed by atoms with E-state index in [1.54, 1.807) is 12.1 Å². The Bertz CT molecular complexity index is 816. The molecule has 1 heterocycles. The van der Waals surface area contributed by atoms with Gasteiger partial charge in [-0.3, -0.25) is 9.59 Å². The normalized spacial score (nSPS) is 20.4. The number of ketones is 2. The van der Waals surface area contributed by atoms with E-state index in [-0.39, 0.29) is 17.5 Å². The summed E-state index contributed by atoms with van der Waals surface area (Å²) in [6.45, 7) is 7.95. The minimum absolute atomic E-state index is 0.0696. The first-order valence-electron chi connectivity index (χ1n) is 9.85. The average Bonchev–Trinajstić information content (AvgIpc) is 2.63. The molecule has 1 aliphatic heterocycles. The standard InChI is InChI=1S/C23H28ClNO2/c1-15-11-16(2)19(23(27)12-15)7-8-22(26)20-13-18(24)14-21(17(20)3)25-9-5-4-6-10-25/h11-14,19H,4-10H2,1-3H3. The van der Waals surface area contributed by atoms with Crippen LogP contribution in [-0.2, 0) is 4.79 Å². The summed E-state index contributed by atoms with van der Waals surface area (Å²) in [7, 11) is 0. The molecule has 3 rings (SSSR count). The number of hydrogen-bond acceptors (Lipinski definition) is 3. The van der Waals surface area contributed by atoms with Gasteiger partial charge in [0.25, 0.3) is 0 Å². The van der Waals surface area contributed by atoms with Crippen LogP contribution >= 0.6 is 11.6 Å². The van der Waals surface area contributed by atoms with E-state index in [0.29, 0.717) is 23.4 Å². The van der Waals surface area contributed by atoms with Crippen LogP contribution in [0.3, 0.4) is 0 Å². The molecule has 1 unspecified atom stereocenters. The maximum Gasteiger partial charge on any atom is 0.163 e. The third-order valence-electron chi connectivity index (χ3n) is 5.72. The Hall–Kier alpha value is -1.87. The summed E-state index contributed by atoms with van der Waals surface area (Å²) in [5, 5.41) is 0.605. The summed E-state index contributed by atoms with van der Waals surface area (Å²) in [4.78, 5) is 27.6. The molecule has 1 atom stereocenters. The van der Waals surface area contributed by atoms with Crippen molar-refractivity contribution in [3.05, 3.63) is 51.6 Å². The van der Waals surface area contributed by atoms with Gasteiger partial charge in [-0.1, -0.05) is 23.3 Å². The third kappa shape index (κ3) is 4.52. The zero-order valence-electron chi connectivity index (χ0n) is 16.5. The molecular weight excluding hydrogens is 358 g/mol. The number of halogens is 1. The molecule has 0 saturated carbocycles. The summed E-state index contributed by atoms with van der Waals surface area (Å²) in [5.74, 6) is -0.00374. The summed E-state index contributed by atoms with van der Waals surface area (Å²) >= 11 is 6.35. The van der Waals surface area contributed by atoms with Crippen molar-refractivity contribution in [2.45, 2.75) is 52.9 Å². The Kier molecular flexibility index (Phi) is 6.21. The van der Waals surface area contributed by atoms with Gasteiger partial charge in [-0.25, -0.2) is 0 Å². The summed E-state index contributed by atoms with van der Waals surface area (Å²) in [6, 6.07) is 3.76. The molecule has 144 valence electrons. The Labute approximate surface area is 167 Å². The Morgan fingerprint density at radius 1 is 1.11 bits per heavy atom. The molecular formula is C23H28ClNO2. The minimum atomic E-state index is -0.182. The Balaban J connectivity index is 1.76. The molecule has 4 heteroatoms. The molecule has 0 N–H and O–H groups in total. The van der Waals surface area contributed by atoms with Gasteiger partial charge in [0.2, 0.25) is 0 Å². The monoisotopic (exact) mass is 385 g/mol. The molecule has 1 aromatic carbocycles. The van der Waals surface area contributed by atoms with E-state index in [0.717, 1.165) is 35.5 Å². The fraction of sp³-hybridized carbons (Fsp3) is 0.478. The van der Waals surface area contributed by atoms with Crippen molar-refractivity contribution in [3.63, 3.8) is 0 Å². The number of piperidine rings is 1. The lowest BCUT2D eigenvalue weighted by atomic mass is 9.84. The van der Waals surface area contributed by atoms with Gasteiger partial charge in [0.1, 0.15) is 0 Å². The predicted octanol–water partition coefficient (Wildman–Crippen LogP) is 5.69. The molecule has 3 nitrogen and oxygen atoms in total. The van der Waals surface area contributed by atoms with E-state index < -0.39 is 0 Å². The molecule has 0 bridgehead atoms. The number of rotatable bonds is 5. The predicted molar refractivity (Wildman–Crippen MR) is 112 cm³/mol. The molecule has 0 amide bonds. The lowest BCUT2D eigenvalue weighted by molar-refractivity contribution is -0.117. The van der Waals surface area contributed by atoms with Crippen molar-refractivity contribution in [2.24, 2.45) is 5.92 Å². The molecule has 1 aliphatic carbocycles. The number of hydrogen-bond donors (Lipinski definition) is 0. The molecule has 27 heavy (non-hydrogen) atoms. The van der Waals surface area contributed by atoms with Crippen molar-refractivity contribution in [1.29, 1.82) is 0 Å². The van der Waals surface area contributed by atoms with Gasteiger partial charge < -0.3 is 4.90 Å². The van der Waals surface area contributed by atoms with Crippen LogP contribution in [0.5, 0.6) is 0 Å². The number of carbonyl (C=O) groups excluding carboxylic acids is 2. The second-order valence-electron chi connectivity index (χ2n) is 7.84. The van der Waals surface area contributed by atoms with Gasteiger partial charge in [-0.2, -0.15) is 0 Å². The van der Waals surface area contributed by atoms with Crippen molar-refractivity contribution in [3.8, 4) is 0 Å². The molecule has 1 aromatic rings. The zero-order chi connectivity index (χ0) is 19.6. The summed E-state index contributed by atoms with van der Waals surface area (Å²) in [6.07, 6.45) is 8.24. The first kappa shape index (κ1) is 19.9. The Morgan fingerprint density at radius 2 is 1.81 bits per heavy atom. The highest BCUT2D eigenvalue weighted by atomic mass is 35.5. The number of allylic oxidation sites excluding steroid dienone is 4. The molecule has 1 fully saturated rings. The molecule has 1 saturated heterocycles. The maximum absolute atomic E-state index is 12.9. The zero-order valence-corrected chi connectivity index (χ0v) is 17.2. The molecule has 0 spiro atoms. The van der Waals surface area contributed by atoms with E-state index >= 15 is 0 Å². The topological polar surface area (TPSA) is 37.4 Å². The van der Waals surface area contributed by atoms with Crippen LogP contribution in [0.4, 0.5) is 5.69 Å². The van der Waals surface area contributed by atoms with Crippen LogP contribution < -0.4 is 4.90 Å². The van der Waals surface area contributed by atoms with Crippen molar-refractivity contribution in [1.82, 2.24) is 0 Å². The van der Waals surface area contributed by atoms with E-state index in [4.69, 9.17) is 11.6 Å². The highest BCUT2D eigenvalue weighted by Crippen LogP contribution is 2.32. The fourth-order valence-electron chi connectivity index (χ4n) is 4.25. The largest absolute Gasteiger partial charge is 0.371 e. The van der Waals surface area contributed by atoms with Crippen molar-refractivity contribution in [2.75, 3.05) is 18.0 Å². The van der Waals surface area contributed by atoms with E-state index in [1.807, 2.05) is 32.9 Å². The summed E-state index contributed by atoms with van der Waals surface area (Å²) in [5.41, 5.74) is 4.81. The quantitative estimate of drug-likeness (QED) is 0.610. The second kappa shape index (κ2) is 8.43. The maximum atomic E-state index is 12.9. The van der Waals surface area contributed by atoms with Crippen molar-refractivity contribution < 1.29 is 9.59 Å². The van der Waals surface area contributed by atoms with Crippen LogP contribution in [0.2, 0.25) is 5.02 Å². The SMILES string of the molecule is CC1=CC(=O)C(CCC(=O)c2cc(Cl)cc(N3CCCCC3)c2C)C(C)=C1. The number of nitrogens with zero attached hydrogens (tertiary/aromatic N) is 1. The van der Waals surface area contributed by atoms with Crippen LogP contribution in [0, 0.1) is 12.8 Å². The highest BCUT2D eigenvalue weighted by Gasteiger charge is 2.24. The lowest BCUT2D eigenvalue weighted by Crippen LogP contribution is -2.30. The molecule has 0 radical (unpaired) electrons. The first-order chi connectivity index (χ1) is 12.9.